The van der Waals surface area contributed by atoms with Crippen molar-refractivity contribution in [3.05, 3.63) is 0 Å². The maximum Gasteiger partial charge on any atom is 0.312 e. The molecule has 1 aliphatic heterocycles. The lowest BCUT2D eigenvalue weighted by atomic mass is 9.59. The zero-order chi connectivity index (χ0) is 15.3. The van der Waals surface area contributed by atoms with E-state index in [4.69, 9.17) is 9.47 Å². The second-order valence-corrected chi connectivity index (χ2v) is 7.48. The molecule has 4 heteroatoms. The summed E-state index contributed by atoms with van der Waals surface area (Å²) in [5, 5.41) is 0. The zero-order valence-electron chi connectivity index (χ0n) is 14.0. The average Bonchev–Trinajstić information content (AvgIpc) is 2.48. The van der Waals surface area contributed by atoms with E-state index in [0.29, 0.717) is 6.61 Å². The summed E-state index contributed by atoms with van der Waals surface area (Å²) in [6.45, 7) is 11.4. The summed E-state index contributed by atoms with van der Waals surface area (Å²) < 4.78 is 11.0. The molecule has 2 fully saturated rings. The van der Waals surface area contributed by atoms with Gasteiger partial charge < -0.3 is 9.47 Å². The van der Waals surface area contributed by atoms with E-state index >= 15 is 0 Å². The lowest BCUT2D eigenvalue weighted by Gasteiger charge is -2.45. The van der Waals surface area contributed by atoms with E-state index in [9.17, 15) is 4.79 Å². The van der Waals surface area contributed by atoms with E-state index in [1.54, 1.807) is 0 Å². The Morgan fingerprint density at radius 2 is 1.76 bits per heavy atom. The Kier molecular flexibility index (Phi) is 5.67. The van der Waals surface area contributed by atoms with Gasteiger partial charge in [-0.25, -0.2) is 0 Å². The number of hydrogen-bond donors (Lipinski definition) is 0. The lowest BCUT2D eigenvalue weighted by Crippen LogP contribution is -2.46. The van der Waals surface area contributed by atoms with Gasteiger partial charge in [-0.3, -0.25) is 9.69 Å². The molecule has 0 aromatic heterocycles. The van der Waals surface area contributed by atoms with Crippen LogP contribution in [0.1, 0.15) is 52.9 Å². The third-order valence-electron chi connectivity index (χ3n) is 5.28. The minimum absolute atomic E-state index is 0.0243. The topological polar surface area (TPSA) is 38.8 Å². The molecule has 1 saturated heterocycles. The van der Waals surface area contributed by atoms with Crippen molar-refractivity contribution in [2.45, 2.75) is 52.9 Å². The molecule has 2 rings (SSSR count). The summed E-state index contributed by atoms with van der Waals surface area (Å²) >= 11 is 0. The molecule has 122 valence electrons. The van der Waals surface area contributed by atoms with Crippen LogP contribution >= 0.6 is 0 Å². The Morgan fingerprint density at radius 3 is 2.33 bits per heavy atom. The molecule has 4 nitrogen and oxygen atoms in total. The van der Waals surface area contributed by atoms with Crippen LogP contribution in [0.15, 0.2) is 0 Å². The second kappa shape index (κ2) is 7.10. The SMILES string of the molecule is CC(C)(C)C1(C(=O)OCCN2CCOCC2)CCCCC1. The fourth-order valence-electron chi connectivity index (χ4n) is 3.65. The van der Waals surface area contributed by atoms with Gasteiger partial charge in [0.25, 0.3) is 0 Å². The monoisotopic (exact) mass is 297 g/mol. The summed E-state index contributed by atoms with van der Waals surface area (Å²) in [6, 6.07) is 0. The first-order chi connectivity index (χ1) is 9.96. The van der Waals surface area contributed by atoms with Crippen LogP contribution in [-0.2, 0) is 14.3 Å². The van der Waals surface area contributed by atoms with Crippen LogP contribution in [-0.4, -0.2) is 50.3 Å². The van der Waals surface area contributed by atoms with Crippen LogP contribution in [0, 0.1) is 10.8 Å². The van der Waals surface area contributed by atoms with Crippen molar-refractivity contribution in [2.24, 2.45) is 10.8 Å². The fraction of sp³-hybridized carbons (Fsp3) is 0.941. The van der Waals surface area contributed by atoms with E-state index in [1.807, 2.05) is 0 Å². The lowest BCUT2D eigenvalue weighted by molar-refractivity contribution is -0.167. The second-order valence-electron chi connectivity index (χ2n) is 7.48. The molecule has 21 heavy (non-hydrogen) atoms. The van der Waals surface area contributed by atoms with Crippen molar-refractivity contribution in [3.8, 4) is 0 Å². The summed E-state index contributed by atoms with van der Waals surface area (Å²) in [5.41, 5.74) is -0.306. The van der Waals surface area contributed by atoms with Crippen LogP contribution in [0.4, 0.5) is 0 Å². The molecule has 0 unspecified atom stereocenters. The predicted molar refractivity (Wildman–Crippen MR) is 83.2 cm³/mol. The van der Waals surface area contributed by atoms with E-state index in [0.717, 1.165) is 58.5 Å². The molecule has 0 N–H and O–H groups in total. The molecule has 0 aromatic rings. The Morgan fingerprint density at radius 1 is 1.14 bits per heavy atom. The number of ether oxygens (including phenoxy) is 2. The smallest absolute Gasteiger partial charge is 0.312 e. The highest BCUT2D eigenvalue weighted by molar-refractivity contribution is 5.78. The normalized spacial score (nSPS) is 23.8. The van der Waals surface area contributed by atoms with Gasteiger partial charge in [-0.15, -0.1) is 0 Å². The van der Waals surface area contributed by atoms with E-state index < -0.39 is 0 Å². The van der Waals surface area contributed by atoms with Gasteiger partial charge in [0.05, 0.1) is 18.6 Å². The number of carbonyl (C=O) groups is 1. The van der Waals surface area contributed by atoms with E-state index in [2.05, 4.69) is 25.7 Å². The highest BCUT2D eigenvalue weighted by Gasteiger charge is 2.49. The van der Waals surface area contributed by atoms with E-state index in [-0.39, 0.29) is 16.8 Å². The van der Waals surface area contributed by atoms with Gasteiger partial charge in [-0.05, 0) is 18.3 Å². The first-order valence-corrected chi connectivity index (χ1v) is 8.43. The molecular formula is C17H31NO3. The Labute approximate surface area is 129 Å². The largest absolute Gasteiger partial charge is 0.464 e. The van der Waals surface area contributed by atoms with Crippen molar-refractivity contribution < 1.29 is 14.3 Å². The quantitative estimate of drug-likeness (QED) is 0.748. The minimum Gasteiger partial charge on any atom is -0.464 e. The fourth-order valence-corrected chi connectivity index (χ4v) is 3.65. The highest BCUT2D eigenvalue weighted by Crippen LogP contribution is 2.50. The van der Waals surface area contributed by atoms with Crippen LogP contribution in [0.25, 0.3) is 0 Å². The third kappa shape index (κ3) is 3.98. The standard InChI is InChI=1S/C17H31NO3/c1-16(2,3)17(7-5-4-6-8-17)15(19)21-14-11-18-9-12-20-13-10-18/h4-14H2,1-3H3. The number of nitrogens with zero attached hydrogens (tertiary/aromatic N) is 1. The highest BCUT2D eigenvalue weighted by atomic mass is 16.5. The molecule has 2 aliphatic rings. The van der Waals surface area contributed by atoms with Crippen molar-refractivity contribution in [3.63, 3.8) is 0 Å². The Bertz CT molecular complexity index is 336. The summed E-state index contributed by atoms with van der Waals surface area (Å²) in [4.78, 5) is 15.0. The molecule has 0 aromatic carbocycles. The predicted octanol–water partition coefficient (Wildman–Crippen LogP) is 2.86. The average molecular weight is 297 g/mol. The summed E-state index contributed by atoms with van der Waals surface area (Å²) in [7, 11) is 0. The molecule has 1 aliphatic carbocycles. The number of morpholine rings is 1. The van der Waals surface area contributed by atoms with Crippen molar-refractivity contribution in [1.82, 2.24) is 4.90 Å². The maximum absolute atomic E-state index is 12.7. The Balaban J connectivity index is 1.86. The van der Waals surface area contributed by atoms with Crippen molar-refractivity contribution in [2.75, 3.05) is 39.5 Å². The van der Waals surface area contributed by atoms with Gasteiger partial charge >= 0.3 is 5.97 Å². The minimum atomic E-state index is -0.281. The molecule has 1 saturated carbocycles. The van der Waals surface area contributed by atoms with Gasteiger partial charge in [0, 0.05) is 19.6 Å². The van der Waals surface area contributed by atoms with Crippen LogP contribution in [0.5, 0.6) is 0 Å². The number of hydrogen-bond acceptors (Lipinski definition) is 4. The summed E-state index contributed by atoms with van der Waals surface area (Å²) in [6.07, 6.45) is 5.50. The summed E-state index contributed by atoms with van der Waals surface area (Å²) in [5.74, 6) is 0.0305. The molecule has 1 heterocycles. The van der Waals surface area contributed by atoms with E-state index in [1.165, 1.54) is 6.42 Å². The first kappa shape index (κ1) is 16.8. The molecule has 0 bridgehead atoms. The van der Waals surface area contributed by atoms with Gasteiger partial charge in [-0.1, -0.05) is 40.0 Å². The molecule has 0 amide bonds. The Hall–Kier alpha value is -0.610. The van der Waals surface area contributed by atoms with Crippen LogP contribution in [0.2, 0.25) is 0 Å². The molecule has 0 atom stereocenters. The number of esters is 1. The molecule has 0 radical (unpaired) electrons. The number of carbonyl (C=O) groups excluding carboxylic acids is 1. The molecular weight excluding hydrogens is 266 g/mol. The van der Waals surface area contributed by atoms with Crippen molar-refractivity contribution in [1.29, 1.82) is 0 Å². The third-order valence-corrected chi connectivity index (χ3v) is 5.28. The van der Waals surface area contributed by atoms with Gasteiger partial charge in [0.2, 0.25) is 0 Å². The number of rotatable bonds is 4. The van der Waals surface area contributed by atoms with Crippen LogP contribution < -0.4 is 0 Å². The molecule has 0 spiro atoms. The van der Waals surface area contributed by atoms with Gasteiger partial charge in [0.1, 0.15) is 6.61 Å². The van der Waals surface area contributed by atoms with Gasteiger partial charge in [-0.2, -0.15) is 0 Å². The van der Waals surface area contributed by atoms with Gasteiger partial charge in [0.15, 0.2) is 0 Å². The van der Waals surface area contributed by atoms with Crippen molar-refractivity contribution >= 4 is 5.97 Å². The van der Waals surface area contributed by atoms with Crippen LogP contribution in [0.3, 0.4) is 0 Å². The zero-order valence-corrected chi connectivity index (χ0v) is 14.0. The first-order valence-electron chi connectivity index (χ1n) is 8.43. The maximum atomic E-state index is 12.7.